The number of halogens is 2. The standard InChI is InChI=1S/C11H15ClFN3O/c1-2-16(7-11(14)15-17)6-8-5-9(13)3-4-10(8)12/h3-5,17H,2,6-7H2,1H3,(H2,14,15). The molecule has 94 valence electrons. The van der Waals surface area contributed by atoms with E-state index in [0.717, 1.165) is 0 Å². The smallest absolute Gasteiger partial charge is 0.153 e. The first-order valence-corrected chi connectivity index (χ1v) is 5.57. The first kappa shape index (κ1) is 13.7. The van der Waals surface area contributed by atoms with Crippen LogP contribution in [0.3, 0.4) is 0 Å². The van der Waals surface area contributed by atoms with E-state index in [9.17, 15) is 4.39 Å². The molecule has 4 nitrogen and oxygen atoms in total. The van der Waals surface area contributed by atoms with Crippen LogP contribution in [0.2, 0.25) is 5.02 Å². The van der Waals surface area contributed by atoms with E-state index >= 15 is 0 Å². The zero-order chi connectivity index (χ0) is 12.8. The van der Waals surface area contributed by atoms with Gasteiger partial charge in [-0.05, 0) is 30.3 Å². The minimum Gasteiger partial charge on any atom is -0.409 e. The van der Waals surface area contributed by atoms with Gasteiger partial charge in [0.2, 0.25) is 0 Å². The maximum atomic E-state index is 13.1. The van der Waals surface area contributed by atoms with Crippen LogP contribution in [0.5, 0.6) is 0 Å². The fourth-order valence-corrected chi connectivity index (χ4v) is 1.62. The third-order valence-electron chi connectivity index (χ3n) is 2.36. The Balaban J connectivity index is 2.76. The van der Waals surface area contributed by atoms with Crippen molar-refractivity contribution in [2.75, 3.05) is 13.1 Å². The van der Waals surface area contributed by atoms with E-state index in [0.29, 0.717) is 30.2 Å². The summed E-state index contributed by atoms with van der Waals surface area (Å²) < 4.78 is 13.1. The highest BCUT2D eigenvalue weighted by Gasteiger charge is 2.09. The normalized spacial score (nSPS) is 12.1. The molecule has 0 saturated carbocycles. The molecule has 17 heavy (non-hydrogen) atoms. The van der Waals surface area contributed by atoms with Gasteiger partial charge in [-0.1, -0.05) is 23.7 Å². The molecular formula is C11H15ClFN3O. The van der Waals surface area contributed by atoms with Crippen LogP contribution >= 0.6 is 11.6 Å². The van der Waals surface area contributed by atoms with Crippen LogP contribution in [0.25, 0.3) is 0 Å². The number of oxime groups is 1. The second-order valence-electron chi connectivity index (χ2n) is 3.63. The third-order valence-corrected chi connectivity index (χ3v) is 2.73. The Hall–Kier alpha value is -1.33. The Morgan fingerprint density at radius 2 is 2.29 bits per heavy atom. The van der Waals surface area contributed by atoms with Crippen molar-refractivity contribution < 1.29 is 9.60 Å². The van der Waals surface area contributed by atoms with Crippen molar-refractivity contribution in [2.45, 2.75) is 13.5 Å². The van der Waals surface area contributed by atoms with Crippen LogP contribution in [0, 0.1) is 5.82 Å². The van der Waals surface area contributed by atoms with Gasteiger partial charge in [0.05, 0.1) is 6.54 Å². The van der Waals surface area contributed by atoms with E-state index in [4.69, 9.17) is 22.5 Å². The minimum absolute atomic E-state index is 0.111. The largest absolute Gasteiger partial charge is 0.409 e. The van der Waals surface area contributed by atoms with E-state index < -0.39 is 0 Å². The van der Waals surface area contributed by atoms with Gasteiger partial charge in [0.25, 0.3) is 0 Å². The van der Waals surface area contributed by atoms with Gasteiger partial charge in [-0.25, -0.2) is 4.39 Å². The first-order valence-electron chi connectivity index (χ1n) is 5.19. The molecule has 0 aliphatic heterocycles. The van der Waals surface area contributed by atoms with Crippen LogP contribution in [-0.2, 0) is 6.54 Å². The molecule has 0 aliphatic rings. The molecule has 1 aromatic carbocycles. The average molecular weight is 260 g/mol. The number of likely N-dealkylation sites (N-methyl/N-ethyl adjacent to an activating group) is 1. The van der Waals surface area contributed by atoms with Crippen molar-refractivity contribution in [3.63, 3.8) is 0 Å². The highest BCUT2D eigenvalue weighted by atomic mass is 35.5. The summed E-state index contributed by atoms with van der Waals surface area (Å²) in [6.45, 7) is 3.37. The number of nitrogens with zero attached hydrogens (tertiary/aromatic N) is 2. The predicted molar refractivity (Wildman–Crippen MR) is 65.8 cm³/mol. The summed E-state index contributed by atoms with van der Waals surface area (Å²) in [7, 11) is 0. The molecule has 0 saturated heterocycles. The third kappa shape index (κ3) is 4.20. The lowest BCUT2D eigenvalue weighted by Gasteiger charge is -2.20. The lowest BCUT2D eigenvalue weighted by molar-refractivity contribution is 0.294. The van der Waals surface area contributed by atoms with Crippen molar-refractivity contribution in [3.05, 3.63) is 34.6 Å². The maximum Gasteiger partial charge on any atom is 0.153 e. The summed E-state index contributed by atoms with van der Waals surface area (Å²) in [5, 5.41) is 11.9. The summed E-state index contributed by atoms with van der Waals surface area (Å²) in [6, 6.07) is 4.21. The number of benzene rings is 1. The summed E-state index contributed by atoms with van der Waals surface area (Å²) >= 11 is 5.96. The maximum absolute atomic E-state index is 13.1. The molecule has 1 rings (SSSR count). The molecule has 0 aromatic heterocycles. The summed E-state index contributed by atoms with van der Waals surface area (Å²) in [6.07, 6.45) is 0. The van der Waals surface area contributed by atoms with Crippen molar-refractivity contribution in [2.24, 2.45) is 10.9 Å². The van der Waals surface area contributed by atoms with Crippen molar-refractivity contribution >= 4 is 17.4 Å². The number of amidine groups is 1. The van der Waals surface area contributed by atoms with Crippen molar-refractivity contribution in [1.82, 2.24) is 4.90 Å². The zero-order valence-electron chi connectivity index (χ0n) is 9.53. The minimum atomic E-state index is -0.329. The summed E-state index contributed by atoms with van der Waals surface area (Å²) in [5.74, 6) is -0.219. The van der Waals surface area contributed by atoms with Crippen LogP contribution < -0.4 is 5.73 Å². The zero-order valence-corrected chi connectivity index (χ0v) is 10.3. The Kier molecular flexibility index (Phi) is 5.18. The monoisotopic (exact) mass is 259 g/mol. The summed E-state index contributed by atoms with van der Waals surface area (Å²) in [4.78, 5) is 1.88. The van der Waals surface area contributed by atoms with E-state index in [1.165, 1.54) is 18.2 Å². The van der Waals surface area contributed by atoms with Crippen molar-refractivity contribution in [1.29, 1.82) is 0 Å². The molecule has 0 fully saturated rings. The van der Waals surface area contributed by atoms with Gasteiger partial charge in [0.1, 0.15) is 5.82 Å². The Labute approximate surface area is 104 Å². The fourth-order valence-electron chi connectivity index (χ4n) is 1.45. The second kappa shape index (κ2) is 6.42. The Morgan fingerprint density at radius 1 is 1.59 bits per heavy atom. The molecule has 0 spiro atoms. The predicted octanol–water partition coefficient (Wildman–Crippen LogP) is 2.05. The van der Waals surface area contributed by atoms with Gasteiger partial charge < -0.3 is 10.9 Å². The van der Waals surface area contributed by atoms with Crippen molar-refractivity contribution in [3.8, 4) is 0 Å². The molecule has 6 heteroatoms. The van der Waals surface area contributed by atoms with E-state index in [1.807, 2.05) is 11.8 Å². The van der Waals surface area contributed by atoms with E-state index in [2.05, 4.69) is 5.16 Å². The highest BCUT2D eigenvalue weighted by Crippen LogP contribution is 2.18. The number of hydrogen-bond acceptors (Lipinski definition) is 3. The van der Waals surface area contributed by atoms with Gasteiger partial charge in [-0.3, -0.25) is 4.90 Å². The molecule has 0 bridgehead atoms. The van der Waals surface area contributed by atoms with Gasteiger partial charge in [0, 0.05) is 11.6 Å². The van der Waals surface area contributed by atoms with Crippen LogP contribution in [0.15, 0.2) is 23.4 Å². The molecule has 0 aliphatic carbocycles. The molecule has 0 unspecified atom stereocenters. The van der Waals surface area contributed by atoms with Gasteiger partial charge in [-0.15, -0.1) is 0 Å². The SMILES string of the molecule is CCN(C/C(N)=N/O)Cc1cc(F)ccc1Cl. The molecular weight excluding hydrogens is 245 g/mol. The lowest BCUT2D eigenvalue weighted by Crippen LogP contribution is -2.33. The number of hydrogen-bond donors (Lipinski definition) is 2. The Bertz CT molecular complexity index is 412. The quantitative estimate of drug-likeness (QED) is 0.368. The molecule has 0 heterocycles. The second-order valence-corrected chi connectivity index (χ2v) is 4.04. The molecule has 0 radical (unpaired) electrons. The Morgan fingerprint density at radius 3 is 2.88 bits per heavy atom. The lowest BCUT2D eigenvalue weighted by atomic mass is 10.2. The van der Waals surface area contributed by atoms with Gasteiger partial charge in [-0.2, -0.15) is 0 Å². The number of nitrogens with two attached hydrogens (primary N) is 1. The molecule has 0 atom stereocenters. The average Bonchev–Trinajstić information content (AvgIpc) is 2.32. The molecule has 0 amide bonds. The van der Waals surface area contributed by atoms with E-state index in [1.54, 1.807) is 0 Å². The van der Waals surface area contributed by atoms with Crippen LogP contribution in [-0.4, -0.2) is 29.0 Å². The summed E-state index contributed by atoms with van der Waals surface area (Å²) in [5.41, 5.74) is 6.10. The number of rotatable bonds is 5. The van der Waals surface area contributed by atoms with Gasteiger partial charge >= 0.3 is 0 Å². The van der Waals surface area contributed by atoms with E-state index in [-0.39, 0.29) is 11.7 Å². The molecule has 1 aromatic rings. The van der Waals surface area contributed by atoms with Gasteiger partial charge in [0.15, 0.2) is 5.84 Å². The van der Waals surface area contributed by atoms with Crippen LogP contribution in [0.1, 0.15) is 12.5 Å². The molecule has 3 N–H and O–H groups in total. The highest BCUT2D eigenvalue weighted by molar-refractivity contribution is 6.31. The fraction of sp³-hybridized carbons (Fsp3) is 0.364. The van der Waals surface area contributed by atoms with Crippen LogP contribution in [0.4, 0.5) is 4.39 Å². The topological polar surface area (TPSA) is 61.8 Å². The first-order chi connectivity index (χ1) is 8.06.